The van der Waals surface area contributed by atoms with E-state index in [-0.39, 0.29) is 36.6 Å². The third-order valence-corrected chi connectivity index (χ3v) is 7.97. The summed E-state index contributed by atoms with van der Waals surface area (Å²) in [4.78, 5) is 45.6. The number of amides is 3. The molecule has 5 rings (SSSR count). The Morgan fingerprint density at radius 2 is 1.96 bits per heavy atom. The van der Waals surface area contributed by atoms with Gasteiger partial charge in [0.1, 0.15) is 23.7 Å². The second kappa shape index (κ2) is 12.9. The number of aliphatic hydroxyl groups is 1. The summed E-state index contributed by atoms with van der Waals surface area (Å²) in [5.41, 5.74) is 0.699. The molecule has 0 aliphatic carbocycles. The van der Waals surface area contributed by atoms with E-state index in [9.17, 15) is 43.0 Å². The number of rotatable bonds is 7. The van der Waals surface area contributed by atoms with Gasteiger partial charge in [0.25, 0.3) is 5.91 Å². The van der Waals surface area contributed by atoms with Gasteiger partial charge in [0.05, 0.1) is 36.1 Å². The van der Waals surface area contributed by atoms with Crippen molar-refractivity contribution in [2.24, 2.45) is 0 Å². The molecule has 16 heteroatoms. The Morgan fingerprint density at radius 1 is 1.21 bits per heavy atom. The van der Waals surface area contributed by atoms with Crippen LogP contribution in [0.4, 0.5) is 39.5 Å². The number of fused-ring (bicyclic) bond motifs is 1. The van der Waals surface area contributed by atoms with Crippen LogP contribution in [0.1, 0.15) is 38.8 Å². The molecule has 12 nitrogen and oxygen atoms in total. The number of morpholine rings is 1. The third kappa shape index (κ3) is 6.53. The van der Waals surface area contributed by atoms with Gasteiger partial charge in [0.2, 0.25) is 0 Å². The van der Waals surface area contributed by atoms with Gasteiger partial charge in [-0.15, -0.1) is 0 Å². The Balaban J connectivity index is 1.31. The third-order valence-electron chi connectivity index (χ3n) is 7.97. The zero-order valence-electron chi connectivity index (χ0n) is 25.0. The maximum Gasteiger partial charge on any atom is 0.411 e. The number of pyridine rings is 1. The summed E-state index contributed by atoms with van der Waals surface area (Å²) in [6.07, 6.45) is -5.12. The Kier molecular flexibility index (Phi) is 9.05. The van der Waals surface area contributed by atoms with E-state index in [1.54, 1.807) is 0 Å². The van der Waals surface area contributed by atoms with Crippen molar-refractivity contribution in [1.29, 1.82) is 5.26 Å². The van der Waals surface area contributed by atoms with Crippen molar-refractivity contribution in [3.8, 4) is 6.07 Å². The van der Waals surface area contributed by atoms with E-state index < -0.39 is 60.4 Å². The van der Waals surface area contributed by atoms with Crippen LogP contribution in [0.5, 0.6) is 0 Å². The van der Waals surface area contributed by atoms with Gasteiger partial charge in [0.15, 0.2) is 6.23 Å². The molecule has 1 fully saturated rings. The standard InChI is InChI=1S/C31H28F4N6O6/c1-16-9-19(40-7-8-47-15-24(40)31(33,34)35)12-21(32)26(16)27(42)38-22(29(44)45)10-18-4-6-25(37-14-18)41-28(43)20-5-3-17(13-36)11-23(20)39(2)30(41)46/h3-6,9,11-12,14,22,24,28,43H,7-8,10,15H2,1-2H3,(H,38,42)(H,44,45)/t22-,24+,28?/m0/s1. The van der Waals surface area contributed by atoms with Crippen LogP contribution in [0.15, 0.2) is 48.7 Å². The maximum atomic E-state index is 15.2. The van der Waals surface area contributed by atoms with Gasteiger partial charge in [-0.2, -0.15) is 18.4 Å². The first kappa shape index (κ1) is 33.1. The largest absolute Gasteiger partial charge is 0.480 e. The number of nitriles is 1. The van der Waals surface area contributed by atoms with Crippen molar-refractivity contribution < 1.29 is 46.9 Å². The summed E-state index contributed by atoms with van der Waals surface area (Å²) in [7, 11) is 1.47. The number of carbonyl (C=O) groups excluding carboxylic acids is 2. The van der Waals surface area contributed by atoms with Crippen molar-refractivity contribution in [2.45, 2.75) is 37.8 Å². The number of carboxylic acids is 1. The zero-order valence-corrected chi connectivity index (χ0v) is 25.0. The van der Waals surface area contributed by atoms with E-state index in [1.807, 2.05) is 6.07 Å². The molecule has 0 spiro atoms. The first-order valence-corrected chi connectivity index (χ1v) is 14.2. The molecule has 1 saturated heterocycles. The van der Waals surface area contributed by atoms with Gasteiger partial charge >= 0.3 is 18.2 Å². The maximum absolute atomic E-state index is 15.2. The van der Waals surface area contributed by atoms with Crippen LogP contribution < -0.4 is 20.0 Å². The fraction of sp³-hybridized carbons (Fsp3) is 0.323. The first-order chi connectivity index (χ1) is 22.2. The summed E-state index contributed by atoms with van der Waals surface area (Å²) < 4.78 is 60.8. The van der Waals surface area contributed by atoms with E-state index in [4.69, 9.17) is 4.74 Å². The molecule has 1 aromatic heterocycles. The fourth-order valence-electron chi connectivity index (χ4n) is 5.56. The summed E-state index contributed by atoms with van der Waals surface area (Å²) in [6, 6.07) is 7.12. The van der Waals surface area contributed by atoms with Gasteiger partial charge in [0, 0.05) is 37.5 Å². The number of carboxylic acid groups (broad SMARTS) is 1. The highest BCUT2D eigenvalue weighted by molar-refractivity contribution is 6.06. The van der Waals surface area contributed by atoms with Crippen molar-refractivity contribution in [3.63, 3.8) is 0 Å². The number of nitrogens with zero attached hydrogens (tertiary/aromatic N) is 5. The number of urea groups is 1. The molecule has 2 aliphatic rings. The first-order valence-electron chi connectivity index (χ1n) is 14.2. The van der Waals surface area contributed by atoms with Crippen LogP contribution >= 0.6 is 0 Å². The van der Waals surface area contributed by atoms with Crippen molar-refractivity contribution >= 4 is 35.1 Å². The second-order valence-electron chi connectivity index (χ2n) is 11.0. The number of carbonyl (C=O) groups is 3. The smallest absolute Gasteiger partial charge is 0.411 e. The lowest BCUT2D eigenvalue weighted by Crippen LogP contribution is -2.53. The number of aromatic nitrogens is 1. The molecule has 3 aromatic rings. The number of halogens is 4. The van der Waals surface area contributed by atoms with Gasteiger partial charge in [-0.05, 0) is 48.4 Å². The Morgan fingerprint density at radius 3 is 2.57 bits per heavy atom. The molecule has 47 heavy (non-hydrogen) atoms. The Labute approximate surface area is 265 Å². The quantitative estimate of drug-likeness (QED) is 0.323. The minimum Gasteiger partial charge on any atom is -0.480 e. The van der Waals surface area contributed by atoms with Gasteiger partial charge < -0.3 is 25.2 Å². The molecule has 3 heterocycles. The number of aliphatic hydroxyl groups excluding tert-OH is 1. The van der Waals surface area contributed by atoms with Crippen LogP contribution in [0.3, 0.4) is 0 Å². The molecule has 0 saturated carbocycles. The topological polar surface area (TPSA) is 159 Å². The van der Waals surface area contributed by atoms with Crippen LogP contribution in [-0.4, -0.2) is 78.2 Å². The summed E-state index contributed by atoms with van der Waals surface area (Å²) in [5, 5.41) is 32.2. The second-order valence-corrected chi connectivity index (χ2v) is 11.0. The van der Waals surface area contributed by atoms with E-state index in [2.05, 4.69) is 10.3 Å². The molecular formula is C31H28F4N6O6. The van der Waals surface area contributed by atoms with Crippen molar-refractivity contribution in [3.05, 3.63) is 82.3 Å². The zero-order chi connectivity index (χ0) is 34.2. The number of aryl methyl sites for hydroxylation is 1. The molecule has 246 valence electrons. The van der Waals surface area contributed by atoms with E-state index >= 15 is 4.39 Å². The number of hydrogen-bond acceptors (Lipinski definition) is 8. The van der Waals surface area contributed by atoms with Crippen LogP contribution in [0.2, 0.25) is 0 Å². The highest BCUT2D eigenvalue weighted by atomic mass is 19.4. The molecule has 3 amide bonds. The van der Waals surface area contributed by atoms with Crippen LogP contribution in [0.25, 0.3) is 0 Å². The lowest BCUT2D eigenvalue weighted by atomic mass is 10.0. The number of alkyl halides is 3. The number of ether oxygens (including phenoxy) is 1. The van der Waals surface area contributed by atoms with Gasteiger partial charge in [-0.1, -0.05) is 12.1 Å². The molecule has 3 atom stereocenters. The van der Waals surface area contributed by atoms with Gasteiger partial charge in [-0.25, -0.2) is 23.9 Å². The summed E-state index contributed by atoms with van der Waals surface area (Å²) in [6.45, 7) is 0.542. The molecule has 0 bridgehead atoms. The monoisotopic (exact) mass is 656 g/mol. The highest BCUT2D eigenvalue weighted by Crippen LogP contribution is 2.37. The van der Waals surface area contributed by atoms with Crippen LogP contribution in [0, 0.1) is 24.1 Å². The van der Waals surface area contributed by atoms with E-state index in [0.717, 1.165) is 15.9 Å². The van der Waals surface area contributed by atoms with Gasteiger partial charge in [-0.3, -0.25) is 9.69 Å². The number of hydrogen-bond donors (Lipinski definition) is 3. The minimum absolute atomic E-state index is 0.000204. The van der Waals surface area contributed by atoms with Crippen molar-refractivity contribution in [1.82, 2.24) is 10.3 Å². The Bertz CT molecular complexity index is 1740. The molecule has 0 radical (unpaired) electrons. The van der Waals surface area contributed by atoms with E-state index in [1.165, 1.54) is 61.5 Å². The average molecular weight is 657 g/mol. The summed E-state index contributed by atoms with van der Waals surface area (Å²) >= 11 is 0. The molecule has 1 unspecified atom stereocenters. The number of aliphatic carboxylic acids is 1. The highest BCUT2D eigenvalue weighted by Gasteiger charge is 2.46. The predicted octanol–water partition coefficient (Wildman–Crippen LogP) is 3.66. The number of benzene rings is 2. The Hall–Kier alpha value is -5.27. The summed E-state index contributed by atoms with van der Waals surface area (Å²) in [5.74, 6) is -3.62. The SMILES string of the molecule is Cc1cc(N2CCOC[C@@H]2C(F)(F)F)cc(F)c1C(=O)N[C@@H](Cc1ccc(N2C(=O)N(C)c3cc(C#N)ccc3C2O)nc1)C(=O)O. The lowest BCUT2D eigenvalue weighted by Gasteiger charge is -2.38. The number of nitrogens with one attached hydrogen (secondary N) is 1. The molecule has 2 aromatic carbocycles. The number of anilines is 3. The molecule has 3 N–H and O–H groups in total. The van der Waals surface area contributed by atoms with E-state index in [0.29, 0.717) is 22.4 Å². The molecular weight excluding hydrogens is 628 g/mol. The predicted molar refractivity (Wildman–Crippen MR) is 158 cm³/mol. The minimum atomic E-state index is -4.64. The van der Waals surface area contributed by atoms with Crippen LogP contribution in [-0.2, 0) is 16.0 Å². The molecule has 2 aliphatic heterocycles. The average Bonchev–Trinajstić information content (AvgIpc) is 3.03. The normalized spacial score (nSPS) is 18.8. The lowest BCUT2D eigenvalue weighted by molar-refractivity contribution is -0.167. The fourth-order valence-corrected chi connectivity index (χ4v) is 5.56. The van der Waals surface area contributed by atoms with Crippen molar-refractivity contribution in [2.75, 3.05) is 41.5 Å².